The molecule has 1 saturated heterocycles. The molecule has 0 unspecified atom stereocenters. The summed E-state index contributed by atoms with van der Waals surface area (Å²) >= 11 is 3.39. The monoisotopic (exact) mass is 447 g/mol. The highest BCUT2D eigenvalue weighted by molar-refractivity contribution is 9.10. The number of amides is 2. The predicted octanol–water partition coefficient (Wildman–Crippen LogP) is 3.05. The Bertz CT molecular complexity index is 823. The van der Waals surface area contributed by atoms with Gasteiger partial charge in [-0.05, 0) is 35.9 Å². The van der Waals surface area contributed by atoms with E-state index in [1.54, 1.807) is 35.2 Å². The standard InChI is InChI=1S/C21H23BrFN3O2/c22-18-3-1-2-17(14-18)21(28)26(15-16-4-6-19(23)7-5-16)11-8-20(27)25-12-9-24-10-13-25/h1-7,14,24H,8-13,15H2. The summed E-state index contributed by atoms with van der Waals surface area (Å²) in [6.07, 6.45) is 0.265. The van der Waals surface area contributed by atoms with E-state index in [-0.39, 0.29) is 24.1 Å². The number of nitrogens with one attached hydrogen (secondary N) is 1. The summed E-state index contributed by atoms with van der Waals surface area (Å²) < 4.78 is 14.0. The highest BCUT2D eigenvalue weighted by atomic mass is 79.9. The number of hydrogen-bond acceptors (Lipinski definition) is 3. The summed E-state index contributed by atoms with van der Waals surface area (Å²) in [4.78, 5) is 29.0. The van der Waals surface area contributed by atoms with Crippen molar-refractivity contribution < 1.29 is 14.0 Å². The second-order valence-electron chi connectivity index (χ2n) is 6.74. The lowest BCUT2D eigenvalue weighted by molar-refractivity contribution is -0.132. The van der Waals surface area contributed by atoms with E-state index in [4.69, 9.17) is 0 Å². The van der Waals surface area contributed by atoms with Gasteiger partial charge in [-0.1, -0.05) is 34.1 Å². The second-order valence-corrected chi connectivity index (χ2v) is 7.66. The molecule has 2 aromatic carbocycles. The molecule has 148 valence electrons. The van der Waals surface area contributed by atoms with Crippen molar-refractivity contribution in [1.82, 2.24) is 15.1 Å². The van der Waals surface area contributed by atoms with Gasteiger partial charge in [0.2, 0.25) is 5.91 Å². The smallest absolute Gasteiger partial charge is 0.254 e. The molecule has 2 amide bonds. The molecule has 1 heterocycles. The zero-order valence-corrected chi connectivity index (χ0v) is 17.1. The van der Waals surface area contributed by atoms with Crippen LogP contribution in [0.5, 0.6) is 0 Å². The van der Waals surface area contributed by atoms with Gasteiger partial charge in [0.15, 0.2) is 0 Å². The lowest BCUT2D eigenvalue weighted by atomic mass is 10.1. The van der Waals surface area contributed by atoms with Crippen molar-refractivity contribution in [2.75, 3.05) is 32.7 Å². The number of halogens is 2. The van der Waals surface area contributed by atoms with E-state index in [2.05, 4.69) is 21.2 Å². The average Bonchev–Trinajstić information content (AvgIpc) is 2.72. The van der Waals surface area contributed by atoms with Crippen LogP contribution in [-0.2, 0) is 11.3 Å². The van der Waals surface area contributed by atoms with Gasteiger partial charge in [-0.3, -0.25) is 9.59 Å². The van der Waals surface area contributed by atoms with Crippen LogP contribution in [0.25, 0.3) is 0 Å². The van der Waals surface area contributed by atoms with Gasteiger partial charge in [-0.15, -0.1) is 0 Å². The number of rotatable bonds is 6. The molecule has 5 nitrogen and oxygen atoms in total. The van der Waals surface area contributed by atoms with E-state index in [9.17, 15) is 14.0 Å². The minimum absolute atomic E-state index is 0.0487. The van der Waals surface area contributed by atoms with Gasteiger partial charge in [-0.2, -0.15) is 0 Å². The quantitative estimate of drug-likeness (QED) is 0.740. The van der Waals surface area contributed by atoms with Crippen molar-refractivity contribution in [3.05, 3.63) is 69.9 Å². The Morgan fingerprint density at radius 3 is 2.50 bits per heavy atom. The first-order valence-corrected chi connectivity index (χ1v) is 10.1. The minimum atomic E-state index is -0.317. The third kappa shape index (κ3) is 5.62. The van der Waals surface area contributed by atoms with Crippen molar-refractivity contribution in [2.24, 2.45) is 0 Å². The Morgan fingerprint density at radius 1 is 1.11 bits per heavy atom. The van der Waals surface area contributed by atoms with Crippen molar-refractivity contribution in [3.8, 4) is 0 Å². The van der Waals surface area contributed by atoms with Gasteiger partial charge in [0.25, 0.3) is 5.91 Å². The van der Waals surface area contributed by atoms with E-state index in [0.717, 1.165) is 23.1 Å². The fourth-order valence-corrected chi connectivity index (χ4v) is 3.57. The number of benzene rings is 2. The number of nitrogens with zero attached hydrogens (tertiary/aromatic N) is 2. The summed E-state index contributed by atoms with van der Waals surface area (Å²) in [6.45, 7) is 3.60. The van der Waals surface area contributed by atoms with Crippen LogP contribution in [0.3, 0.4) is 0 Å². The molecule has 0 aliphatic carbocycles. The van der Waals surface area contributed by atoms with Crippen LogP contribution in [0.4, 0.5) is 4.39 Å². The van der Waals surface area contributed by atoms with Crippen LogP contribution in [-0.4, -0.2) is 54.3 Å². The first kappa shape index (κ1) is 20.5. The molecule has 1 aliphatic rings. The van der Waals surface area contributed by atoms with E-state index in [1.165, 1.54) is 12.1 Å². The first-order valence-electron chi connectivity index (χ1n) is 9.31. The van der Waals surface area contributed by atoms with E-state index in [1.807, 2.05) is 11.0 Å². The summed E-state index contributed by atoms with van der Waals surface area (Å²) in [5.41, 5.74) is 1.37. The molecule has 0 bridgehead atoms. The maximum atomic E-state index is 13.2. The predicted molar refractivity (Wildman–Crippen MR) is 109 cm³/mol. The molecule has 3 rings (SSSR count). The molecule has 28 heavy (non-hydrogen) atoms. The van der Waals surface area contributed by atoms with Crippen LogP contribution < -0.4 is 5.32 Å². The van der Waals surface area contributed by atoms with Crippen LogP contribution in [0.1, 0.15) is 22.3 Å². The average molecular weight is 448 g/mol. The molecule has 0 spiro atoms. The van der Waals surface area contributed by atoms with Gasteiger partial charge in [-0.25, -0.2) is 4.39 Å². The number of carbonyl (C=O) groups excluding carboxylic acids is 2. The summed E-state index contributed by atoms with van der Waals surface area (Å²) in [6, 6.07) is 13.3. The number of piperazine rings is 1. The first-order chi connectivity index (χ1) is 13.5. The van der Waals surface area contributed by atoms with Crippen molar-refractivity contribution >= 4 is 27.7 Å². The van der Waals surface area contributed by atoms with Crippen LogP contribution in [0, 0.1) is 5.82 Å². The Hall–Kier alpha value is -2.25. The summed E-state index contributed by atoms with van der Waals surface area (Å²) in [5.74, 6) is -0.422. The molecule has 1 aliphatic heterocycles. The molecule has 0 aromatic heterocycles. The van der Waals surface area contributed by atoms with E-state index in [0.29, 0.717) is 31.7 Å². The topological polar surface area (TPSA) is 52.7 Å². The van der Waals surface area contributed by atoms with Crippen LogP contribution in [0.2, 0.25) is 0 Å². The maximum absolute atomic E-state index is 13.2. The third-order valence-electron chi connectivity index (χ3n) is 4.71. The third-order valence-corrected chi connectivity index (χ3v) is 5.20. The van der Waals surface area contributed by atoms with Gasteiger partial charge in [0.1, 0.15) is 5.82 Å². The Kier molecular flexibility index (Phi) is 7.17. The van der Waals surface area contributed by atoms with Crippen molar-refractivity contribution in [2.45, 2.75) is 13.0 Å². The Balaban J connectivity index is 1.72. The van der Waals surface area contributed by atoms with Crippen molar-refractivity contribution in [3.63, 3.8) is 0 Å². The van der Waals surface area contributed by atoms with Crippen LogP contribution in [0.15, 0.2) is 53.0 Å². The number of hydrogen-bond donors (Lipinski definition) is 1. The maximum Gasteiger partial charge on any atom is 0.254 e. The molecule has 1 N–H and O–H groups in total. The number of carbonyl (C=O) groups is 2. The minimum Gasteiger partial charge on any atom is -0.340 e. The SMILES string of the molecule is O=C(CCN(Cc1ccc(F)cc1)C(=O)c1cccc(Br)c1)N1CCNCC1. The zero-order chi connectivity index (χ0) is 19.9. The molecule has 0 saturated carbocycles. The van der Waals surface area contributed by atoms with Gasteiger partial charge in [0, 0.05) is 55.7 Å². The van der Waals surface area contributed by atoms with Crippen molar-refractivity contribution in [1.29, 1.82) is 0 Å². The molecular weight excluding hydrogens is 425 g/mol. The lowest BCUT2D eigenvalue weighted by Gasteiger charge is -2.29. The normalized spacial score (nSPS) is 14.0. The Morgan fingerprint density at radius 2 is 1.82 bits per heavy atom. The highest BCUT2D eigenvalue weighted by Crippen LogP contribution is 2.16. The van der Waals surface area contributed by atoms with Gasteiger partial charge in [0.05, 0.1) is 0 Å². The zero-order valence-electron chi connectivity index (χ0n) is 15.5. The fraction of sp³-hybridized carbons (Fsp3) is 0.333. The molecule has 0 radical (unpaired) electrons. The molecule has 7 heteroatoms. The van der Waals surface area contributed by atoms with E-state index >= 15 is 0 Å². The highest BCUT2D eigenvalue weighted by Gasteiger charge is 2.21. The largest absolute Gasteiger partial charge is 0.340 e. The molecule has 0 atom stereocenters. The fourth-order valence-electron chi connectivity index (χ4n) is 3.17. The second kappa shape index (κ2) is 9.80. The molecular formula is C21H23BrFN3O2. The summed E-state index contributed by atoms with van der Waals surface area (Å²) in [7, 11) is 0. The van der Waals surface area contributed by atoms with Gasteiger partial charge < -0.3 is 15.1 Å². The van der Waals surface area contributed by atoms with E-state index < -0.39 is 0 Å². The molecule has 2 aromatic rings. The lowest BCUT2D eigenvalue weighted by Crippen LogP contribution is -2.47. The summed E-state index contributed by atoms with van der Waals surface area (Å²) in [5, 5.41) is 3.22. The Labute approximate surface area is 172 Å². The van der Waals surface area contributed by atoms with Gasteiger partial charge >= 0.3 is 0 Å². The molecule has 1 fully saturated rings. The van der Waals surface area contributed by atoms with Crippen LogP contribution >= 0.6 is 15.9 Å².